The van der Waals surface area contributed by atoms with Gasteiger partial charge in [-0.1, -0.05) is 41.9 Å². The smallest absolute Gasteiger partial charge is 0.438 e. The first-order chi connectivity index (χ1) is 13.0. The van der Waals surface area contributed by atoms with Crippen LogP contribution in [0.4, 0.5) is 9.59 Å². The number of amides is 3. The average Bonchev–Trinajstić information content (AvgIpc) is 3.26. The van der Waals surface area contributed by atoms with Gasteiger partial charge in [0.05, 0.1) is 28.8 Å². The number of carbonyl (C=O) groups excluding carboxylic acids is 3. The van der Waals surface area contributed by atoms with E-state index in [-0.39, 0.29) is 19.0 Å². The summed E-state index contributed by atoms with van der Waals surface area (Å²) in [6.45, 7) is 0.357. The molecule has 1 atom stereocenters. The summed E-state index contributed by atoms with van der Waals surface area (Å²) in [6.07, 6.45) is -2.34. The molecule has 3 rings (SSSR count). The van der Waals surface area contributed by atoms with Gasteiger partial charge in [-0.2, -0.15) is 0 Å². The highest BCUT2D eigenvalue weighted by Crippen LogP contribution is 2.21. The number of hydrogen-bond donors (Lipinski definition) is 2. The van der Waals surface area contributed by atoms with Crippen LogP contribution in [0.2, 0.25) is 4.34 Å². The highest BCUT2D eigenvalue weighted by atomic mass is 35.5. The van der Waals surface area contributed by atoms with Crippen LogP contribution in [0.15, 0.2) is 42.5 Å². The zero-order chi connectivity index (χ0) is 19.2. The third-order valence-electron chi connectivity index (χ3n) is 3.66. The standard InChI is InChI=1S/C17H16ClN3O5S/c18-14-7-6-13(27-14)15(22)19-9-12-10-21(16(23)25-12)17(24)26-20-8-11-4-2-1-3-5-11/h1-7,12,20H,8-10H2,(H,19,22). The molecule has 1 aliphatic rings. The van der Waals surface area contributed by atoms with Crippen LogP contribution in [0.25, 0.3) is 0 Å². The number of rotatable bonds is 6. The van der Waals surface area contributed by atoms with Gasteiger partial charge in [-0.25, -0.2) is 14.5 Å². The molecule has 142 valence electrons. The molecule has 1 aromatic carbocycles. The Kier molecular flexibility index (Phi) is 6.28. The van der Waals surface area contributed by atoms with Gasteiger partial charge >= 0.3 is 12.2 Å². The number of halogens is 1. The molecule has 1 fully saturated rings. The summed E-state index contributed by atoms with van der Waals surface area (Å²) in [6, 6.07) is 12.6. The Balaban J connectivity index is 1.42. The maximum atomic E-state index is 12.0. The molecule has 1 aromatic heterocycles. The van der Waals surface area contributed by atoms with Crippen LogP contribution in [0.3, 0.4) is 0 Å². The van der Waals surface area contributed by atoms with E-state index in [1.165, 1.54) is 0 Å². The van der Waals surface area contributed by atoms with E-state index in [2.05, 4.69) is 10.8 Å². The molecule has 1 saturated heterocycles. The fourth-order valence-corrected chi connectivity index (χ4v) is 3.30. The number of ether oxygens (including phenoxy) is 1. The number of imide groups is 1. The van der Waals surface area contributed by atoms with Crippen molar-refractivity contribution in [2.75, 3.05) is 13.1 Å². The van der Waals surface area contributed by atoms with Crippen LogP contribution < -0.4 is 10.8 Å². The lowest BCUT2D eigenvalue weighted by atomic mass is 10.2. The normalized spacial score (nSPS) is 16.1. The third kappa shape index (κ3) is 5.19. The Morgan fingerprint density at radius 1 is 1.26 bits per heavy atom. The number of benzene rings is 1. The SMILES string of the molecule is O=C(NCC1CN(C(=O)ONCc2ccccc2)C(=O)O1)c1ccc(Cl)s1. The van der Waals surface area contributed by atoms with Crippen LogP contribution in [0, 0.1) is 0 Å². The van der Waals surface area contributed by atoms with Crippen LogP contribution in [-0.2, 0) is 16.1 Å². The van der Waals surface area contributed by atoms with Crippen molar-refractivity contribution in [1.82, 2.24) is 15.7 Å². The average molecular weight is 410 g/mol. The molecule has 2 aromatic rings. The predicted molar refractivity (Wildman–Crippen MR) is 98.4 cm³/mol. The van der Waals surface area contributed by atoms with Crippen molar-refractivity contribution >= 4 is 41.0 Å². The lowest BCUT2D eigenvalue weighted by molar-refractivity contribution is 0.0619. The van der Waals surface area contributed by atoms with Gasteiger partial charge in [0.2, 0.25) is 0 Å². The highest BCUT2D eigenvalue weighted by molar-refractivity contribution is 7.17. The second kappa shape index (κ2) is 8.85. The molecule has 8 nitrogen and oxygen atoms in total. The number of cyclic esters (lactones) is 1. The van der Waals surface area contributed by atoms with Gasteiger partial charge in [0.1, 0.15) is 6.10 Å². The van der Waals surface area contributed by atoms with Gasteiger partial charge in [-0.3, -0.25) is 4.79 Å². The van der Waals surface area contributed by atoms with Gasteiger partial charge in [0, 0.05) is 0 Å². The lowest BCUT2D eigenvalue weighted by Gasteiger charge is -2.12. The van der Waals surface area contributed by atoms with Gasteiger partial charge in [-0.05, 0) is 17.7 Å². The number of nitrogens with zero attached hydrogens (tertiary/aromatic N) is 1. The van der Waals surface area contributed by atoms with Crippen LogP contribution in [-0.4, -0.2) is 42.2 Å². The first-order valence-electron chi connectivity index (χ1n) is 8.02. The van der Waals surface area contributed by atoms with Gasteiger partial charge in [0.25, 0.3) is 5.91 Å². The number of hydrogen-bond acceptors (Lipinski definition) is 7. The maximum Gasteiger partial charge on any atom is 0.438 e. The summed E-state index contributed by atoms with van der Waals surface area (Å²) in [5.41, 5.74) is 3.43. The van der Waals surface area contributed by atoms with Crippen molar-refractivity contribution in [2.45, 2.75) is 12.6 Å². The van der Waals surface area contributed by atoms with Crippen molar-refractivity contribution < 1.29 is 24.0 Å². The lowest BCUT2D eigenvalue weighted by Crippen LogP contribution is -2.38. The zero-order valence-corrected chi connectivity index (χ0v) is 15.6. The number of nitrogens with one attached hydrogen (secondary N) is 2. The molecule has 1 aliphatic heterocycles. The molecule has 0 saturated carbocycles. The Labute approximate surface area is 164 Å². The van der Waals surface area contributed by atoms with E-state index < -0.39 is 18.3 Å². The fourth-order valence-electron chi connectivity index (χ4n) is 2.34. The van der Waals surface area contributed by atoms with E-state index in [0.29, 0.717) is 15.8 Å². The highest BCUT2D eigenvalue weighted by Gasteiger charge is 2.37. The molecule has 2 N–H and O–H groups in total. The minimum absolute atomic E-state index is 0.0177. The molecule has 2 heterocycles. The Morgan fingerprint density at radius 3 is 2.74 bits per heavy atom. The summed E-state index contributed by atoms with van der Waals surface area (Å²) < 4.78 is 5.58. The first-order valence-corrected chi connectivity index (χ1v) is 9.21. The number of carbonyl (C=O) groups is 3. The van der Waals surface area contributed by atoms with Gasteiger partial charge in [0.15, 0.2) is 0 Å². The second-order valence-electron chi connectivity index (χ2n) is 5.60. The molecule has 0 aliphatic carbocycles. The summed E-state index contributed by atoms with van der Waals surface area (Å²) >= 11 is 6.94. The molecule has 1 unspecified atom stereocenters. The molecule has 0 bridgehead atoms. The first kappa shape index (κ1) is 19.2. The van der Waals surface area contributed by atoms with E-state index in [1.807, 2.05) is 30.3 Å². The molecular formula is C17H16ClN3O5S. The van der Waals surface area contributed by atoms with Crippen LogP contribution in [0.1, 0.15) is 15.2 Å². The molecular weight excluding hydrogens is 394 g/mol. The summed E-state index contributed by atoms with van der Waals surface area (Å²) in [7, 11) is 0. The van der Waals surface area contributed by atoms with Crippen LogP contribution >= 0.6 is 22.9 Å². The van der Waals surface area contributed by atoms with Crippen molar-refractivity contribution in [1.29, 1.82) is 0 Å². The largest absolute Gasteiger partial charge is 0.442 e. The molecule has 0 radical (unpaired) electrons. The van der Waals surface area contributed by atoms with Gasteiger partial charge in [-0.15, -0.1) is 16.8 Å². The van der Waals surface area contributed by atoms with E-state index in [1.54, 1.807) is 12.1 Å². The van der Waals surface area contributed by atoms with E-state index in [9.17, 15) is 14.4 Å². The molecule has 27 heavy (non-hydrogen) atoms. The van der Waals surface area contributed by atoms with Crippen molar-refractivity contribution in [2.24, 2.45) is 0 Å². The zero-order valence-electron chi connectivity index (χ0n) is 14.0. The van der Waals surface area contributed by atoms with Gasteiger partial charge < -0.3 is 14.9 Å². The van der Waals surface area contributed by atoms with Crippen LogP contribution in [0.5, 0.6) is 0 Å². The summed E-state index contributed by atoms with van der Waals surface area (Å²) in [4.78, 5) is 42.0. The molecule has 0 spiro atoms. The Bertz CT molecular complexity index is 829. The Morgan fingerprint density at radius 2 is 2.04 bits per heavy atom. The Hall–Kier alpha value is -2.62. The topological polar surface area (TPSA) is 97.0 Å². The quantitative estimate of drug-likeness (QED) is 0.712. The summed E-state index contributed by atoms with van der Waals surface area (Å²) in [5.74, 6) is -0.325. The predicted octanol–water partition coefficient (Wildman–Crippen LogP) is 2.79. The minimum Gasteiger partial charge on any atom is -0.442 e. The van der Waals surface area contributed by atoms with E-state index in [4.69, 9.17) is 21.2 Å². The fraction of sp³-hybridized carbons (Fsp3) is 0.235. The monoisotopic (exact) mass is 409 g/mol. The molecule has 3 amide bonds. The van der Waals surface area contributed by atoms with Crippen molar-refractivity contribution in [3.63, 3.8) is 0 Å². The maximum absolute atomic E-state index is 12.0. The molecule has 10 heteroatoms. The number of hydroxylamine groups is 1. The minimum atomic E-state index is -0.866. The third-order valence-corrected chi connectivity index (χ3v) is 4.89. The van der Waals surface area contributed by atoms with E-state index >= 15 is 0 Å². The van der Waals surface area contributed by atoms with Crippen molar-refractivity contribution in [3.05, 3.63) is 57.2 Å². The summed E-state index contributed by atoms with van der Waals surface area (Å²) in [5, 5.41) is 2.64. The second-order valence-corrected chi connectivity index (χ2v) is 7.32. The number of thiophene rings is 1. The van der Waals surface area contributed by atoms with Crippen molar-refractivity contribution in [3.8, 4) is 0 Å². The van der Waals surface area contributed by atoms with E-state index in [0.717, 1.165) is 21.8 Å².